The molecule has 1 aliphatic carbocycles. The van der Waals surface area contributed by atoms with Gasteiger partial charge in [0.1, 0.15) is 5.75 Å². The van der Waals surface area contributed by atoms with Crippen molar-refractivity contribution < 1.29 is 9.47 Å². The predicted molar refractivity (Wildman–Crippen MR) is 131 cm³/mol. The van der Waals surface area contributed by atoms with E-state index in [1.165, 1.54) is 56.9 Å². The monoisotopic (exact) mass is 418 g/mol. The van der Waals surface area contributed by atoms with Gasteiger partial charge in [0.25, 0.3) is 0 Å². The van der Waals surface area contributed by atoms with Crippen LogP contribution in [-0.2, 0) is 4.74 Å². The first kappa shape index (κ1) is 27.0. The second kappa shape index (κ2) is 14.1. The summed E-state index contributed by atoms with van der Waals surface area (Å²) in [6.45, 7) is 18.7. The molecule has 1 aliphatic rings. The highest BCUT2D eigenvalue weighted by molar-refractivity contribution is 5.30. The lowest BCUT2D eigenvalue weighted by Crippen LogP contribution is -2.21. The fraction of sp³-hybridized carbons (Fsp3) is 0.786. The molecule has 0 bridgehead atoms. The average Bonchev–Trinajstić information content (AvgIpc) is 2.67. The summed E-state index contributed by atoms with van der Waals surface area (Å²) in [4.78, 5) is 0. The molecule has 0 heterocycles. The summed E-state index contributed by atoms with van der Waals surface area (Å²) in [5, 5.41) is 0. The molecular formula is C28H50O2. The van der Waals surface area contributed by atoms with Gasteiger partial charge in [0.2, 0.25) is 0 Å². The zero-order valence-electron chi connectivity index (χ0n) is 21.3. The number of benzene rings is 1. The van der Waals surface area contributed by atoms with Crippen LogP contribution < -0.4 is 4.74 Å². The van der Waals surface area contributed by atoms with E-state index in [1.54, 1.807) is 0 Å². The number of rotatable bonds is 9. The Morgan fingerprint density at radius 2 is 1.50 bits per heavy atom. The summed E-state index contributed by atoms with van der Waals surface area (Å²) in [5.41, 5.74) is 1.68. The molecule has 1 aromatic carbocycles. The first-order valence-corrected chi connectivity index (χ1v) is 12.6. The summed E-state index contributed by atoms with van der Waals surface area (Å²) in [6.07, 6.45) is 10.4. The summed E-state index contributed by atoms with van der Waals surface area (Å²) in [7, 11) is 0. The zero-order valence-corrected chi connectivity index (χ0v) is 21.3. The Hall–Kier alpha value is -1.02. The van der Waals surface area contributed by atoms with Crippen LogP contribution in [0.4, 0.5) is 0 Å². The third-order valence-corrected chi connectivity index (χ3v) is 5.94. The highest BCUT2D eigenvalue weighted by atomic mass is 16.7. The number of hydrogen-bond acceptors (Lipinski definition) is 2. The fourth-order valence-electron chi connectivity index (χ4n) is 4.34. The van der Waals surface area contributed by atoms with Gasteiger partial charge in [-0.25, -0.2) is 0 Å². The van der Waals surface area contributed by atoms with Crippen LogP contribution in [0.5, 0.6) is 5.75 Å². The molecular weight excluding hydrogens is 368 g/mol. The van der Waals surface area contributed by atoms with Gasteiger partial charge in [-0.3, -0.25) is 0 Å². The van der Waals surface area contributed by atoms with Crippen LogP contribution in [0.15, 0.2) is 24.3 Å². The first-order valence-electron chi connectivity index (χ1n) is 12.6. The van der Waals surface area contributed by atoms with Gasteiger partial charge in [-0.2, -0.15) is 0 Å². The summed E-state index contributed by atoms with van der Waals surface area (Å²) in [5.74, 6) is 3.03. The maximum absolute atomic E-state index is 5.98. The molecule has 1 saturated carbocycles. The molecule has 2 nitrogen and oxygen atoms in total. The summed E-state index contributed by atoms with van der Waals surface area (Å²) < 4.78 is 11.9. The Kier molecular flexibility index (Phi) is 12.7. The van der Waals surface area contributed by atoms with Gasteiger partial charge in [-0.15, -0.1) is 0 Å². The Balaban J connectivity index is 0.00000141. The lowest BCUT2D eigenvalue weighted by atomic mass is 9.72. The van der Waals surface area contributed by atoms with E-state index in [9.17, 15) is 0 Å². The predicted octanol–water partition coefficient (Wildman–Crippen LogP) is 8.99. The molecule has 30 heavy (non-hydrogen) atoms. The van der Waals surface area contributed by atoms with Gasteiger partial charge in [0, 0.05) is 0 Å². The lowest BCUT2D eigenvalue weighted by molar-refractivity contribution is -0.0711. The minimum atomic E-state index is -0.187. The third-order valence-electron chi connectivity index (χ3n) is 5.94. The van der Waals surface area contributed by atoms with Crippen molar-refractivity contribution in [1.82, 2.24) is 0 Å². The zero-order chi connectivity index (χ0) is 22.6. The van der Waals surface area contributed by atoms with Gasteiger partial charge in [-0.1, -0.05) is 99.1 Å². The highest BCUT2D eigenvalue weighted by Gasteiger charge is 2.27. The van der Waals surface area contributed by atoms with Crippen molar-refractivity contribution in [2.24, 2.45) is 17.3 Å². The molecule has 1 aromatic rings. The van der Waals surface area contributed by atoms with Crippen molar-refractivity contribution in [3.05, 3.63) is 29.8 Å². The van der Waals surface area contributed by atoms with Crippen molar-refractivity contribution in [1.29, 1.82) is 0 Å². The van der Waals surface area contributed by atoms with Crippen LogP contribution in [-0.4, -0.2) is 12.9 Å². The van der Waals surface area contributed by atoms with E-state index >= 15 is 0 Å². The molecule has 0 aromatic heterocycles. The average molecular weight is 419 g/mol. The largest absolute Gasteiger partial charge is 0.465 e. The number of ether oxygens (including phenoxy) is 2. The second-order valence-electron chi connectivity index (χ2n) is 10.7. The Morgan fingerprint density at radius 3 is 2.00 bits per heavy atom. The number of hydrogen-bond donors (Lipinski definition) is 0. The highest BCUT2D eigenvalue weighted by Crippen LogP contribution is 2.40. The van der Waals surface area contributed by atoms with E-state index in [2.05, 4.69) is 72.7 Å². The van der Waals surface area contributed by atoms with Crippen molar-refractivity contribution in [2.45, 2.75) is 119 Å². The first-order chi connectivity index (χ1) is 14.2. The third kappa shape index (κ3) is 10.8. The normalized spacial score (nSPS) is 17.2. The van der Waals surface area contributed by atoms with Crippen LogP contribution in [0, 0.1) is 17.3 Å². The Morgan fingerprint density at radius 1 is 0.933 bits per heavy atom. The van der Waals surface area contributed by atoms with Gasteiger partial charge >= 0.3 is 0 Å². The van der Waals surface area contributed by atoms with Crippen molar-refractivity contribution in [2.75, 3.05) is 6.61 Å². The van der Waals surface area contributed by atoms with E-state index in [0.717, 1.165) is 18.3 Å². The Bertz CT molecular complexity index is 535. The molecule has 2 atom stereocenters. The lowest BCUT2D eigenvalue weighted by Gasteiger charge is -2.32. The van der Waals surface area contributed by atoms with E-state index in [4.69, 9.17) is 9.47 Å². The molecule has 0 N–H and O–H groups in total. The maximum Gasteiger partial charge on any atom is 0.196 e. The second-order valence-corrected chi connectivity index (χ2v) is 10.7. The van der Waals surface area contributed by atoms with Crippen LogP contribution in [0.3, 0.4) is 0 Å². The topological polar surface area (TPSA) is 18.5 Å². The van der Waals surface area contributed by atoms with Crippen LogP contribution in [0.1, 0.15) is 118 Å². The summed E-state index contributed by atoms with van der Waals surface area (Å²) >= 11 is 0. The maximum atomic E-state index is 5.98. The molecule has 1 fully saturated rings. The van der Waals surface area contributed by atoms with E-state index < -0.39 is 0 Å². The van der Waals surface area contributed by atoms with E-state index in [-0.39, 0.29) is 11.7 Å². The van der Waals surface area contributed by atoms with Crippen molar-refractivity contribution >= 4 is 0 Å². The molecule has 0 spiro atoms. The fourth-order valence-corrected chi connectivity index (χ4v) is 4.34. The molecule has 2 unspecified atom stereocenters. The molecule has 0 aliphatic heterocycles. The summed E-state index contributed by atoms with van der Waals surface area (Å²) in [6, 6.07) is 8.69. The van der Waals surface area contributed by atoms with Crippen LogP contribution >= 0.6 is 0 Å². The SMILES string of the molecule is CC(C)CC(c1ccc(OC(C)OCCC2CCCCC2)cc1)C(C)(C)C.CCC. The standard InChI is InChI=1S/C25H42O2.C3H8/c1-19(2)18-24(25(4,5)6)22-12-14-23(15-13-22)27-20(3)26-17-16-21-10-8-7-9-11-21;1-3-2/h12-15,19-21,24H,7-11,16-18H2,1-6H3;3H2,1-2H3. The molecule has 0 radical (unpaired) electrons. The molecule has 2 rings (SSSR count). The Labute approximate surface area is 188 Å². The molecule has 2 heteroatoms. The van der Waals surface area contributed by atoms with Gasteiger partial charge < -0.3 is 9.47 Å². The van der Waals surface area contributed by atoms with Crippen LogP contribution in [0.2, 0.25) is 0 Å². The molecule has 0 amide bonds. The molecule has 0 saturated heterocycles. The van der Waals surface area contributed by atoms with Gasteiger partial charge in [0.15, 0.2) is 6.29 Å². The van der Waals surface area contributed by atoms with Crippen molar-refractivity contribution in [3.63, 3.8) is 0 Å². The minimum Gasteiger partial charge on any atom is -0.465 e. The quantitative estimate of drug-likeness (QED) is 0.372. The van der Waals surface area contributed by atoms with Gasteiger partial charge in [-0.05, 0) is 60.6 Å². The van der Waals surface area contributed by atoms with Gasteiger partial charge in [0.05, 0.1) is 6.61 Å². The van der Waals surface area contributed by atoms with E-state index in [1.807, 2.05) is 6.92 Å². The van der Waals surface area contributed by atoms with Crippen molar-refractivity contribution in [3.8, 4) is 5.75 Å². The van der Waals surface area contributed by atoms with E-state index in [0.29, 0.717) is 11.8 Å². The smallest absolute Gasteiger partial charge is 0.196 e. The molecule has 174 valence electrons. The van der Waals surface area contributed by atoms with Crippen LogP contribution in [0.25, 0.3) is 0 Å². The minimum absolute atomic E-state index is 0.187.